The van der Waals surface area contributed by atoms with E-state index in [0.29, 0.717) is 41.4 Å². The highest BCUT2D eigenvalue weighted by molar-refractivity contribution is 6.07. The van der Waals surface area contributed by atoms with Gasteiger partial charge in [0.1, 0.15) is 11.6 Å². The Hall–Kier alpha value is -4.33. The minimum atomic E-state index is -0.800. The lowest BCUT2D eigenvalue weighted by Crippen LogP contribution is -2.50. The van der Waals surface area contributed by atoms with Gasteiger partial charge in [0.05, 0.1) is 17.1 Å². The van der Waals surface area contributed by atoms with Crippen LogP contribution in [0.1, 0.15) is 41.3 Å². The number of pyridine rings is 1. The SMILES string of the molecule is Cc1cc(=O)oc2cc(CC(=O)[C@@H]3CCCN3C(=O)[C@@H](C)NC(=O)c3ccnc4ccccc34)ccc12. The van der Waals surface area contributed by atoms with Gasteiger partial charge in [0, 0.05) is 36.0 Å². The molecule has 5 rings (SSSR count). The second-order valence-electron chi connectivity index (χ2n) is 9.48. The first kappa shape index (κ1) is 24.4. The molecule has 0 aliphatic carbocycles. The number of Topliss-reactive ketones (excluding diaryl/α,β-unsaturated/α-hetero) is 1. The molecule has 1 aliphatic heterocycles. The monoisotopic (exact) mass is 497 g/mol. The first-order valence-corrected chi connectivity index (χ1v) is 12.3. The lowest BCUT2D eigenvalue weighted by atomic mass is 10.00. The van der Waals surface area contributed by atoms with Crippen LogP contribution >= 0.6 is 0 Å². The van der Waals surface area contributed by atoms with E-state index in [-0.39, 0.29) is 24.0 Å². The van der Waals surface area contributed by atoms with E-state index in [0.717, 1.165) is 16.5 Å². The van der Waals surface area contributed by atoms with Crippen molar-refractivity contribution in [2.75, 3.05) is 6.54 Å². The number of para-hydroxylation sites is 1. The molecule has 1 N–H and O–H groups in total. The van der Waals surface area contributed by atoms with Crippen LogP contribution in [-0.4, -0.2) is 46.1 Å². The second kappa shape index (κ2) is 9.97. The number of hydrogen-bond acceptors (Lipinski definition) is 6. The van der Waals surface area contributed by atoms with Crippen LogP contribution in [0, 0.1) is 6.92 Å². The summed E-state index contributed by atoms with van der Waals surface area (Å²) in [5.41, 5.74) is 2.68. The Morgan fingerprint density at radius 2 is 1.92 bits per heavy atom. The lowest BCUT2D eigenvalue weighted by Gasteiger charge is -2.27. The van der Waals surface area contributed by atoms with E-state index in [1.165, 1.54) is 6.07 Å². The zero-order valence-corrected chi connectivity index (χ0v) is 20.7. The van der Waals surface area contributed by atoms with Gasteiger partial charge in [0.25, 0.3) is 5.91 Å². The Morgan fingerprint density at radius 1 is 1.11 bits per heavy atom. The highest BCUT2D eigenvalue weighted by atomic mass is 16.4. The summed E-state index contributed by atoms with van der Waals surface area (Å²) in [6.45, 7) is 3.93. The van der Waals surface area contributed by atoms with Crippen LogP contribution in [0.4, 0.5) is 0 Å². The fraction of sp³-hybridized carbons (Fsp3) is 0.276. The highest BCUT2D eigenvalue weighted by Crippen LogP contribution is 2.23. The molecule has 0 bridgehead atoms. The van der Waals surface area contributed by atoms with Gasteiger partial charge in [-0.2, -0.15) is 0 Å². The number of aryl methyl sites for hydroxylation is 1. The van der Waals surface area contributed by atoms with Crippen LogP contribution in [0.15, 0.2) is 70.0 Å². The summed E-state index contributed by atoms with van der Waals surface area (Å²) in [7, 11) is 0. The third-order valence-corrected chi connectivity index (χ3v) is 6.91. The number of benzene rings is 2. The summed E-state index contributed by atoms with van der Waals surface area (Å²) in [5.74, 6) is -0.740. The van der Waals surface area contributed by atoms with Crippen molar-refractivity contribution in [3.63, 3.8) is 0 Å². The summed E-state index contributed by atoms with van der Waals surface area (Å²) in [6.07, 6.45) is 2.97. The molecule has 3 heterocycles. The van der Waals surface area contributed by atoms with Gasteiger partial charge in [0.2, 0.25) is 5.91 Å². The van der Waals surface area contributed by atoms with Crippen molar-refractivity contribution in [2.45, 2.75) is 45.2 Å². The van der Waals surface area contributed by atoms with Crippen molar-refractivity contribution < 1.29 is 18.8 Å². The number of fused-ring (bicyclic) bond motifs is 2. The number of rotatable bonds is 6. The first-order chi connectivity index (χ1) is 17.8. The van der Waals surface area contributed by atoms with Gasteiger partial charge in [-0.25, -0.2) is 4.79 Å². The number of amides is 2. The van der Waals surface area contributed by atoms with Gasteiger partial charge in [-0.05, 0) is 56.0 Å². The van der Waals surface area contributed by atoms with Crippen LogP contribution in [0.5, 0.6) is 0 Å². The van der Waals surface area contributed by atoms with Crippen molar-refractivity contribution in [1.82, 2.24) is 15.2 Å². The van der Waals surface area contributed by atoms with Gasteiger partial charge in [-0.15, -0.1) is 0 Å². The standard InChI is InChI=1S/C29H27N3O5/c1-17-14-27(34)37-26-16-19(9-10-20(17)26)15-25(33)24-8-5-13-32(24)29(36)18(2)31-28(35)22-11-12-30-23-7-4-3-6-21(22)23/h3-4,6-7,9-12,14,16,18,24H,5,8,13,15H2,1-2H3,(H,31,35)/t18-,24+/m1/s1. The number of hydrogen-bond donors (Lipinski definition) is 1. The van der Waals surface area contributed by atoms with Crippen LogP contribution in [0.3, 0.4) is 0 Å². The van der Waals surface area contributed by atoms with E-state index < -0.39 is 17.7 Å². The number of aromatic nitrogens is 1. The number of nitrogens with one attached hydrogen (secondary N) is 1. The average Bonchev–Trinajstić information content (AvgIpc) is 3.37. The van der Waals surface area contributed by atoms with Crippen molar-refractivity contribution in [3.8, 4) is 0 Å². The summed E-state index contributed by atoms with van der Waals surface area (Å²) >= 11 is 0. The van der Waals surface area contributed by atoms with E-state index in [1.807, 2.05) is 43.3 Å². The summed E-state index contributed by atoms with van der Waals surface area (Å²) in [6, 6.07) is 14.4. The van der Waals surface area contributed by atoms with Gasteiger partial charge in [0.15, 0.2) is 5.78 Å². The highest BCUT2D eigenvalue weighted by Gasteiger charge is 2.36. The Kier molecular flexibility index (Phi) is 6.56. The number of carbonyl (C=O) groups is 3. The maximum atomic E-state index is 13.3. The van der Waals surface area contributed by atoms with Gasteiger partial charge in [-0.1, -0.05) is 30.3 Å². The molecule has 2 amide bonds. The summed E-state index contributed by atoms with van der Waals surface area (Å²) < 4.78 is 5.31. The summed E-state index contributed by atoms with van der Waals surface area (Å²) in [4.78, 5) is 57.1. The van der Waals surface area contributed by atoms with Crippen LogP contribution in [-0.2, 0) is 16.0 Å². The largest absolute Gasteiger partial charge is 0.423 e. The molecule has 0 radical (unpaired) electrons. The summed E-state index contributed by atoms with van der Waals surface area (Å²) in [5, 5.41) is 4.32. The Morgan fingerprint density at radius 3 is 2.76 bits per heavy atom. The number of carbonyl (C=O) groups excluding carboxylic acids is 3. The minimum absolute atomic E-state index is 0.0844. The quantitative estimate of drug-likeness (QED) is 0.408. The minimum Gasteiger partial charge on any atom is -0.423 e. The van der Waals surface area contributed by atoms with E-state index in [9.17, 15) is 19.2 Å². The number of nitrogens with zero attached hydrogens (tertiary/aromatic N) is 2. The van der Waals surface area contributed by atoms with Crippen LogP contribution < -0.4 is 10.9 Å². The molecule has 1 fully saturated rings. The fourth-order valence-corrected chi connectivity index (χ4v) is 5.04. The molecule has 0 saturated carbocycles. The van der Waals surface area contributed by atoms with Gasteiger partial charge < -0.3 is 14.6 Å². The molecule has 1 aliphatic rings. The molecule has 2 atom stereocenters. The molecule has 8 nitrogen and oxygen atoms in total. The van der Waals surface area contributed by atoms with Crippen molar-refractivity contribution >= 4 is 39.5 Å². The van der Waals surface area contributed by atoms with E-state index in [2.05, 4.69) is 10.3 Å². The molecule has 0 unspecified atom stereocenters. The molecular weight excluding hydrogens is 470 g/mol. The molecule has 188 valence electrons. The van der Waals surface area contributed by atoms with Crippen LogP contribution in [0.25, 0.3) is 21.9 Å². The molecule has 37 heavy (non-hydrogen) atoms. The van der Waals surface area contributed by atoms with Crippen molar-refractivity contribution in [2.24, 2.45) is 0 Å². The van der Waals surface area contributed by atoms with E-state index in [4.69, 9.17) is 4.42 Å². The Bertz CT molecular complexity index is 1590. The predicted octanol–water partition coefficient (Wildman–Crippen LogP) is 3.57. The normalized spacial score (nSPS) is 16.2. The van der Waals surface area contributed by atoms with E-state index in [1.54, 1.807) is 30.2 Å². The van der Waals surface area contributed by atoms with Gasteiger partial charge in [-0.3, -0.25) is 19.4 Å². The Labute approximate surface area is 213 Å². The second-order valence-corrected chi connectivity index (χ2v) is 9.48. The average molecular weight is 498 g/mol. The van der Waals surface area contributed by atoms with E-state index >= 15 is 0 Å². The van der Waals surface area contributed by atoms with Crippen LogP contribution in [0.2, 0.25) is 0 Å². The Balaban J connectivity index is 1.28. The zero-order chi connectivity index (χ0) is 26.1. The molecule has 4 aromatic rings. The number of likely N-dealkylation sites (tertiary alicyclic amines) is 1. The zero-order valence-electron chi connectivity index (χ0n) is 20.7. The molecule has 2 aromatic heterocycles. The lowest BCUT2D eigenvalue weighted by molar-refractivity contribution is -0.138. The third kappa shape index (κ3) is 4.87. The van der Waals surface area contributed by atoms with Gasteiger partial charge >= 0.3 is 5.63 Å². The predicted molar refractivity (Wildman–Crippen MR) is 139 cm³/mol. The maximum Gasteiger partial charge on any atom is 0.336 e. The maximum absolute atomic E-state index is 13.3. The smallest absolute Gasteiger partial charge is 0.336 e. The first-order valence-electron chi connectivity index (χ1n) is 12.3. The number of ketones is 1. The van der Waals surface area contributed by atoms with Crippen molar-refractivity contribution in [3.05, 3.63) is 87.9 Å². The molecule has 1 saturated heterocycles. The molecule has 2 aromatic carbocycles. The fourth-order valence-electron chi connectivity index (χ4n) is 5.04. The third-order valence-electron chi connectivity index (χ3n) is 6.91. The topological polar surface area (TPSA) is 110 Å². The molecular formula is C29H27N3O5. The molecule has 0 spiro atoms. The molecule has 8 heteroatoms. The van der Waals surface area contributed by atoms with Crippen molar-refractivity contribution in [1.29, 1.82) is 0 Å².